The Balaban J connectivity index is -0.000000423. The molecule has 0 saturated carbocycles. The molecule has 0 fully saturated rings. The third kappa shape index (κ3) is 53.1. The monoisotopic (exact) mass is 914 g/mol. The molecule has 0 unspecified atom stereocenters. The quantitative estimate of drug-likeness (QED) is 0.0193. The molecule has 0 aliphatic heterocycles. The van der Waals surface area contributed by atoms with E-state index in [4.69, 9.17) is 47.9 Å². The van der Waals surface area contributed by atoms with Crippen molar-refractivity contribution in [3.05, 3.63) is 0 Å². The van der Waals surface area contributed by atoms with Crippen LogP contribution in [0.4, 0.5) is 0 Å². The van der Waals surface area contributed by atoms with Gasteiger partial charge in [0.25, 0.3) is 0 Å². The predicted octanol–water partition coefficient (Wildman–Crippen LogP) is 10.9. The van der Waals surface area contributed by atoms with Crippen LogP contribution in [0.25, 0.3) is 0 Å². The van der Waals surface area contributed by atoms with Gasteiger partial charge in [0.1, 0.15) is 0 Å². The van der Waals surface area contributed by atoms with Crippen molar-refractivity contribution in [2.45, 2.75) is 182 Å². The van der Waals surface area contributed by atoms with Gasteiger partial charge in [-0.2, -0.15) is 8.62 Å². The summed E-state index contributed by atoms with van der Waals surface area (Å²) >= 11 is 0. The SMILES string of the molecule is CCCCCCCCOP(=O)(OCCCCCCCC)OP(=O)(O)O.CCCCCCCCOP(=O)(OCCCCCCCC)OP(=O)(O)O.OCCO.[Ti]. The summed E-state index contributed by atoms with van der Waals surface area (Å²) < 4.78 is 75.6. The van der Waals surface area contributed by atoms with Gasteiger partial charge < -0.3 is 29.8 Å². The number of phosphoric ester groups is 2. The largest absolute Gasteiger partial charge is 0.483 e. The topological polar surface area (TPSA) is 245 Å². The summed E-state index contributed by atoms with van der Waals surface area (Å²) in [5, 5.41) is 15.2. The molecule has 0 radical (unpaired) electrons. The van der Waals surface area contributed by atoms with Gasteiger partial charge in [0, 0.05) is 21.7 Å². The maximum Gasteiger partial charge on any atom is 0.483 e. The van der Waals surface area contributed by atoms with Gasteiger partial charge in [-0.05, 0) is 25.7 Å². The van der Waals surface area contributed by atoms with Crippen LogP contribution >= 0.6 is 31.3 Å². The van der Waals surface area contributed by atoms with Gasteiger partial charge in [-0.15, -0.1) is 0 Å². The molecule has 6 N–H and O–H groups in total. The molecule has 0 aromatic heterocycles. The molecule has 334 valence electrons. The standard InChI is InChI=1S/2C16H36O7P2.C2H6O2.Ti/c2*1-3-5-7-9-11-13-15-21-25(20,23-24(17,18)19)22-16-14-12-10-8-6-4-2;3-1-2-4;/h2*3-16H2,1-2H3,(H2,17,18,19);3-4H,1-2H2;. The number of phosphoric acid groups is 4. The first-order valence-corrected chi connectivity index (χ1v) is 26.1. The summed E-state index contributed by atoms with van der Waals surface area (Å²) in [6.45, 7) is 8.69. The summed E-state index contributed by atoms with van der Waals surface area (Å²) in [6.07, 6.45) is 24.4. The second kappa shape index (κ2) is 43.3. The van der Waals surface area contributed by atoms with Crippen LogP contribution in [0, 0.1) is 0 Å². The summed E-state index contributed by atoms with van der Waals surface area (Å²) in [5.41, 5.74) is 0. The zero-order chi connectivity index (χ0) is 41.5. The minimum atomic E-state index is -4.94. The van der Waals surface area contributed by atoms with Crippen molar-refractivity contribution < 1.29 is 96.5 Å². The number of hydrogen-bond acceptors (Lipinski definition) is 12. The van der Waals surface area contributed by atoms with E-state index in [2.05, 4.69) is 36.3 Å². The van der Waals surface area contributed by atoms with Gasteiger partial charge in [-0.3, -0.25) is 18.1 Å². The van der Waals surface area contributed by atoms with Crippen molar-refractivity contribution >= 4 is 31.3 Å². The fraction of sp³-hybridized carbons (Fsp3) is 1.00. The third-order valence-corrected chi connectivity index (χ3v) is 12.8. The summed E-state index contributed by atoms with van der Waals surface area (Å²) in [4.78, 5) is 35.6. The van der Waals surface area contributed by atoms with Crippen LogP contribution in [0.15, 0.2) is 0 Å². The average molecular weight is 915 g/mol. The van der Waals surface area contributed by atoms with Crippen molar-refractivity contribution in [1.82, 2.24) is 0 Å². The Labute approximate surface area is 347 Å². The Kier molecular flexibility index (Phi) is 49.4. The molecule has 0 spiro atoms. The molecule has 0 saturated heterocycles. The van der Waals surface area contributed by atoms with E-state index in [1.165, 1.54) is 25.7 Å². The number of unbranched alkanes of at least 4 members (excludes halogenated alkanes) is 20. The first-order valence-electron chi connectivity index (χ1n) is 20.1. The Hall–Kier alpha value is 1.15. The predicted molar refractivity (Wildman–Crippen MR) is 213 cm³/mol. The van der Waals surface area contributed by atoms with Crippen LogP contribution in [-0.2, 0) is 66.7 Å². The normalized spacial score (nSPS) is 12.0. The molecule has 0 rings (SSSR count). The summed E-state index contributed by atoms with van der Waals surface area (Å²) in [6, 6.07) is 0. The Bertz CT molecular complexity index is 867. The van der Waals surface area contributed by atoms with Crippen molar-refractivity contribution in [2.24, 2.45) is 0 Å². The third-order valence-electron chi connectivity index (χ3n) is 7.50. The van der Waals surface area contributed by atoms with Gasteiger partial charge in [0.2, 0.25) is 0 Å². The Morgan fingerprint density at radius 1 is 0.345 bits per heavy atom. The second-order valence-electron chi connectivity index (χ2n) is 12.9. The zero-order valence-corrected chi connectivity index (χ0v) is 39.4. The average Bonchev–Trinajstić information content (AvgIpc) is 3.09. The molecule has 21 heteroatoms. The molecular weight excluding hydrogens is 836 g/mol. The molecule has 0 aromatic carbocycles. The van der Waals surface area contributed by atoms with E-state index in [0.717, 1.165) is 103 Å². The number of aliphatic hydroxyl groups is 2. The molecule has 0 heterocycles. The van der Waals surface area contributed by atoms with E-state index in [9.17, 15) is 18.3 Å². The van der Waals surface area contributed by atoms with Crippen molar-refractivity contribution in [3.8, 4) is 0 Å². The van der Waals surface area contributed by atoms with Crippen molar-refractivity contribution in [3.63, 3.8) is 0 Å². The number of rotatable bonds is 37. The van der Waals surface area contributed by atoms with Crippen molar-refractivity contribution in [2.75, 3.05) is 39.6 Å². The zero-order valence-electron chi connectivity index (χ0n) is 34.3. The van der Waals surface area contributed by atoms with Crippen LogP contribution < -0.4 is 0 Å². The molecule has 0 atom stereocenters. The van der Waals surface area contributed by atoms with E-state index in [0.29, 0.717) is 25.7 Å². The first kappa shape index (κ1) is 62.8. The fourth-order valence-corrected chi connectivity index (χ4v) is 9.06. The van der Waals surface area contributed by atoms with E-state index in [1.807, 2.05) is 0 Å². The van der Waals surface area contributed by atoms with E-state index in [1.54, 1.807) is 0 Å². The van der Waals surface area contributed by atoms with Gasteiger partial charge in [-0.1, -0.05) is 156 Å². The minimum Gasteiger partial charge on any atom is -0.394 e. The van der Waals surface area contributed by atoms with Crippen molar-refractivity contribution in [1.29, 1.82) is 0 Å². The molecule has 0 bridgehead atoms. The minimum absolute atomic E-state index is 0. The molecule has 0 aliphatic carbocycles. The maximum atomic E-state index is 12.3. The molecular formula is C34H78O16P4Ti. The number of hydrogen-bond donors (Lipinski definition) is 6. The fourth-order valence-electron chi connectivity index (χ4n) is 4.66. The molecule has 0 aromatic rings. The second-order valence-corrected chi connectivity index (χ2v) is 19.0. The van der Waals surface area contributed by atoms with Crippen LogP contribution in [0.2, 0.25) is 0 Å². The van der Waals surface area contributed by atoms with E-state index < -0.39 is 31.3 Å². The Morgan fingerprint density at radius 2 is 0.527 bits per heavy atom. The van der Waals surface area contributed by atoms with Crippen LogP contribution in [-0.4, -0.2) is 69.4 Å². The maximum absolute atomic E-state index is 12.3. The van der Waals surface area contributed by atoms with Crippen LogP contribution in [0.1, 0.15) is 182 Å². The van der Waals surface area contributed by atoms with Crippen LogP contribution in [0.3, 0.4) is 0 Å². The van der Waals surface area contributed by atoms with Gasteiger partial charge >= 0.3 is 31.3 Å². The van der Waals surface area contributed by atoms with Gasteiger partial charge in [0.05, 0.1) is 39.6 Å². The smallest absolute Gasteiger partial charge is 0.394 e. The van der Waals surface area contributed by atoms with Gasteiger partial charge in [-0.25, -0.2) is 18.3 Å². The molecule has 55 heavy (non-hydrogen) atoms. The number of aliphatic hydroxyl groups excluding tert-OH is 2. The van der Waals surface area contributed by atoms with E-state index >= 15 is 0 Å². The van der Waals surface area contributed by atoms with Crippen LogP contribution in [0.5, 0.6) is 0 Å². The first-order chi connectivity index (χ1) is 25.6. The van der Waals surface area contributed by atoms with Gasteiger partial charge in [0.15, 0.2) is 0 Å². The molecule has 0 amide bonds. The Morgan fingerprint density at radius 3 is 0.691 bits per heavy atom. The summed E-state index contributed by atoms with van der Waals surface area (Å²) in [7, 11) is -18.3. The molecule has 16 nitrogen and oxygen atoms in total. The molecule has 0 aliphatic rings. The summed E-state index contributed by atoms with van der Waals surface area (Å²) in [5.74, 6) is 0. The van der Waals surface area contributed by atoms with E-state index in [-0.39, 0.29) is 61.4 Å².